The average molecular weight is 188 g/mol. The first-order valence-corrected chi connectivity index (χ1v) is 3.55. The maximum Gasteiger partial charge on any atom is 0.323 e. The van der Waals surface area contributed by atoms with E-state index in [1.54, 1.807) is 0 Å². The van der Waals surface area contributed by atoms with Gasteiger partial charge in [0, 0.05) is 18.5 Å². The lowest BCUT2D eigenvalue weighted by molar-refractivity contribution is -0.137. The van der Waals surface area contributed by atoms with E-state index in [9.17, 15) is 9.59 Å². The zero-order chi connectivity index (χ0) is 9.14. The Labute approximate surface area is 73.0 Å². The van der Waals surface area contributed by atoms with Gasteiger partial charge in [0.15, 0.2) is 5.43 Å². The number of carbonyl (C=O) groups is 1. The zero-order valence-electron chi connectivity index (χ0n) is 6.03. The van der Waals surface area contributed by atoms with Gasteiger partial charge < -0.3 is 9.67 Å². The Hall–Kier alpha value is -1.29. The predicted octanol–water partition coefficient (Wildman–Crippen LogP) is 0.586. The summed E-state index contributed by atoms with van der Waals surface area (Å²) in [7, 11) is 0. The highest BCUT2D eigenvalue weighted by atomic mass is 35.5. The van der Waals surface area contributed by atoms with Crippen LogP contribution in [0.2, 0.25) is 5.02 Å². The minimum Gasteiger partial charge on any atom is -0.480 e. The van der Waals surface area contributed by atoms with Crippen LogP contribution in [0, 0.1) is 0 Å². The second kappa shape index (κ2) is 3.40. The van der Waals surface area contributed by atoms with E-state index in [0.717, 1.165) is 0 Å². The van der Waals surface area contributed by atoms with Crippen molar-refractivity contribution in [2.45, 2.75) is 6.54 Å². The van der Waals surface area contributed by atoms with Crippen molar-refractivity contribution in [3.8, 4) is 0 Å². The van der Waals surface area contributed by atoms with Crippen molar-refractivity contribution < 1.29 is 9.90 Å². The van der Waals surface area contributed by atoms with Crippen LogP contribution in [0.4, 0.5) is 0 Å². The largest absolute Gasteiger partial charge is 0.480 e. The Bertz CT molecular complexity index is 358. The van der Waals surface area contributed by atoms with E-state index in [1.165, 1.54) is 23.0 Å². The molecule has 5 heteroatoms. The third-order valence-corrected chi connectivity index (χ3v) is 1.53. The molecule has 0 fully saturated rings. The van der Waals surface area contributed by atoms with Gasteiger partial charge in [0.1, 0.15) is 11.6 Å². The van der Waals surface area contributed by atoms with Crippen LogP contribution < -0.4 is 5.43 Å². The van der Waals surface area contributed by atoms with E-state index in [0.29, 0.717) is 0 Å². The molecule has 0 aliphatic heterocycles. The number of halogens is 1. The summed E-state index contributed by atoms with van der Waals surface area (Å²) in [5.74, 6) is -0.977. The van der Waals surface area contributed by atoms with E-state index in [4.69, 9.17) is 16.7 Å². The van der Waals surface area contributed by atoms with Gasteiger partial charge in [0.2, 0.25) is 0 Å². The van der Waals surface area contributed by atoms with Crippen LogP contribution in [-0.2, 0) is 11.3 Å². The first-order chi connectivity index (χ1) is 5.59. The number of pyridine rings is 1. The quantitative estimate of drug-likeness (QED) is 0.737. The van der Waals surface area contributed by atoms with Gasteiger partial charge in [-0.3, -0.25) is 9.59 Å². The van der Waals surface area contributed by atoms with Gasteiger partial charge in [-0.1, -0.05) is 11.6 Å². The topological polar surface area (TPSA) is 59.3 Å². The van der Waals surface area contributed by atoms with Gasteiger partial charge in [-0.25, -0.2) is 0 Å². The summed E-state index contributed by atoms with van der Waals surface area (Å²) < 4.78 is 1.33. The lowest BCUT2D eigenvalue weighted by atomic mass is 10.4. The molecule has 0 spiro atoms. The number of hydrogen-bond donors (Lipinski definition) is 1. The lowest BCUT2D eigenvalue weighted by Crippen LogP contribution is -2.11. The number of nitrogens with zero attached hydrogens (tertiary/aromatic N) is 1. The van der Waals surface area contributed by atoms with Crippen molar-refractivity contribution in [1.29, 1.82) is 0 Å². The first kappa shape index (κ1) is 8.80. The van der Waals surface area contributed by atoms with Crippen molar-refractivity contribution in [3.63, 3.8) is 0 Å². The maximum absolute atomic E-state index is 10.8. The molecule has 0 atom stereocenters. The molecule has 0 aliphatic carbocycles. The van der Waals surface area contributed by atoms with E-state index in [-0.39, 0.29) is 17.0 Å². The molecule has 1 rings (SSSR count). The Morgan fingerprint density at radius 3 is 2.83 bits per heavy atom. The molecule has 0 aliphatic rings. The summed E-state index contributed by atoms with van der Waals surface area (Å²) in [5.41, 5.74) is -0.307. The second-order valence-corrected chi connectivity index (χ2v) is 2.63. The van der Waals surface area contributed by atoms with E-state index >= 15 is 0 Å². The molecule has 0 aromatic carbocycles. The van der Waals surface area contributed by atoms with Crippen LogP contribution in [-0.4, -0.2) is 15.6 Å². The van der Waals surface area contributed by atoms with E-state index in [1.807, 2.05) is 0 Å². The molecule has 4 nitrogen and oxygen atoms in total. The molecule has 12 heavy (non-hydrogen) atoms. The van der Waals surface area contributed by atoms with Gasteiger partial charge in [0.05, 0.1) is 0 Å². The summed E-state index contributed by atoms with van der Waals surface area (Å²) in [6, 6.07) is 1.23. The Morgan fingerprint density at radius 2 is 2.33 bits per heavy atom. The van der Waals surface area contributed by atoms with E-state index in [2.05, 4.69) is 0 Å². The summed E-state index contributed by atoms with van der Waals surface area (Å²) in [5, 5.41) is 8.41. The molecule has 0 saturated carbocycles. The number of carboxylic acids is 1. The fraction of sp³-hybridized carbons (Fsp3) is 0.143. The summed E-state index contributed by atoms with van der Waals surface area (Å²) in [6.45, 7) is -0.194. The van der Waals surface area contributed by atoms with Crippen molar-refractivity contribution in [2.24, 2.45) is 0 Å². The standard InChI is InChI=1S/C7H6ClNO3/c8-5-3-9(4-7(11)12)2-1-6(5)10/h1-3H,4H2,(H,11,12). The van der Waals surface area contributed by atoms with Crippen LogP contribution in [0.3, 0.4) is 0 Å². The fourth-order valence-corrected chi connectivity index (χ4v) is 0.938. The van der Waals surface area contributed by atoms with Crippen molar-refractivity contribution in [1.82, 2.24) is 4.57 Å². The van der Waals surface area contributed by atoms with Crippen LogP contribution in [0.25, 0.3) is 0 Å². The lowest BCUT2D eigenvalue weighted by Gasteiger charge is -2.00. The molecule has 0 unspecified atom stereocenters. The Morgan fingerprint density at radius 1 is 1.67 bits per heavy atom. The third kappa shape index (κ3) is 2.10. The normalized spacial score (nSPS) is 9.75. The summed E-state index contributed by atoms with van der Waals surface area (Å²) in [6.07, 6.45) is 2.67. The van der Waals surface area contributed by atoms with Gasteiger partial charge in [-0.15, -0.1) is 0 Å². The Balaban J connectivity index is 2.97. The molecule has 1 aromatic rings. The van der Waals surface area contributed by atoms with Crippen LogP contribution >= 0.6 is 11.6 Å². The van der Waals surface area contributed by atoms with Crippen LogP contribution in [0.15, 0.2) is 23.3 Å². The molecular formula is C7H6ClNO3. The minimum atomic E-state index is -0.977. The maximum atomic E-state index is 10.8. The molecular weight excluding hydrogens is 182 g/mol. The smallest absolute Gasteiger partial charge is 0.323 e. The highest BCUT2D eigenvalue weighted by molar-refractivity contribution is 6.30. The fourth-order valence-electron chi connectivity index (χ4n) is 0.750. The molecule has 1 aromatic heterocycles. The molecule has 0 radical (unpaired) electrons. The number of hydrogen-bond acceptors (Lipinski definition) is 2. The highest BCUT2D eigenvalue weighted by Gasteiger charge is 1.99. The van der Waals surface area contributed by atoms with Gasteiger partial charge in [-0.2, -0.15) is 0 Å². The van der Waals surface area contributed by atoms with Gasteiger partial charge in [0.25, 0.3) is 0 Å². The molecule has 1 N–H and O–H groups in total. The molecule has 0 bridgehead atoms. The van der Waals surface area contributed by atoms with Crippen LogP contribution in [0.1, 0.15) is 0 Å². The molecule has 0 amide bonds. The first-order valence-electron chi connectivity index (χ1n) is 3.17. The molecule has 0 saturated heterocycles. The Kier molecular flexibility index (Phi) is 2.50. The van der Waals surface area contributed by atoms with Crippen molar-refractivity contribution >= 4 is 17.6 Å². The van der Waals surface area contributed by atoms with Gasteiger partial charge >= 0.3 is 5.97 Å². The van der Waals surface area contributed by atoms with Gasteiger partial charge in [-0.05, 0) is 0 Å². The number of rotatable bonds is 2. The monoisotopic (exact) mass is 187 g/mol. The van der Waals surface area contributed by atoms with E-state index < -0.39 is 5.97 Å². The second-order valence-electron chi connectivity index (χ2n) is 2.22. The zero-order valence-corrected chi connectivity index (χ0v) is 6.78. The SMILES string of the molecule is O=C(O)Cn1ccc(=O)c(Cl)c1. The summed E-state index contributed by atoms with van der Waals surface area (Å²) in [4.78, 5) is 21.0. The number of aromatic nitrogens is 1. The predicted molar refractivity (Wildman–Crippen MR) is 43.3 cm³/mol. The molecule has 1 heterocycles. The van der Waals surface area contributed by atoms with Crippen LogP contribution in [0.5, 0.6) is 0 Å². The average Bonchev–Trinajstić information content (AvgIpc) is 1.96. The number of aliphatic carboxylic acids is 1. The minimum absolute atomic E-state index is 0.0266. The summed E-state index contributed by atoms with van der Waals surface area (Å²) >= 11 is 5.47. The molecule has 64 valence electrons. The number of carboxylic acid groups (broad SMARTS) is 1. The van der Waals surface area contributed by atoms with Crippen molar-refractivity contribution in [2.75, 3.05) is 0 Å². The third-order valence-electron chi connectivity index (χ3n) is 1.25. The highest BCUT2D eigenvalue weighted by Crippen LogP contribution is 1.99. The van der Waals surface area contributed by atoms with Crippen molar-refractivity contribution in [3.05, 3.63) is 33.7 Å².